The zero-order valence-electron chi connectivity index (χ0n) is 20.2. The van der Waals surface area contributed by atoms with Gasteiger partial charge >= 0.3 is 5.97 Å². The van der Waals surface area contributed by atoms with Crippen LogP contribution in [-0.4, -0.2) is 26.0 Å². The summed E-state index contributed by atoms with van der Waals surface area (Å²) in [4.78, 5) is 24.3. The van der Waals surface area contributed by atoms with Crippen molar-refractivity contribution in [3.63, 3.8) is 0 Å². The Morgan fingerprint density at radius 1 is 0.710 bits per heavy atom. The van der Waals surface area contributed by atoms with Crippen molar-refractivity contribution < 1.29 is 19.1 Å². The molecule has 176 valence electrons. The van der Waals surface area contributed by atoms with Gasteiger partial charge in [-0.1, -0.05) is 96.8 Å². The third-order valence-electron chi connectivity index (χ3n) is 5.93. The SMILES string of the molecule is CCCCCCCCCCCCCCCCCC(=O)c1ccc(OC)c(C(=O)OC)c1. The number of benzene rings is 1. The maximum Gasteiger partial charge on any atom is 0.341 e. The largest absolute Gasteiger partial charge is 0.496 e. The molecular formula is C27H44O4. The number of Topliss-reactive ketones (excluding diaryl/α,β-unsaturated/α-hetero) is 1. The van der Waals surface area contributed by atoms with Gasteiger partial charge in [-0.25, -0.2) is 4.79 Å². The summed E-state index contributed by atoms with van der Waals surface area (Å²) < 4.78 is 9.96. The Labute approximate surface area is 190 Å². The van der Waals surface area contributed by atoms with Crippen LogP contribution in [0.2, 0.25) is 0 Å². The molecule has 0 aliphatic carbocycles. The molecule has 0 saturated carbocycles. The fourth-order valence-electron chi connectivity index (χ4n) is 3.95. The molecule has 0 N–H and O–H groups in total. The number of esters is 1. The zero-order chi connectivity index (χ0) is 22.7. The van der Waals surface area contributed by atoms with Crippen LogP contribution in [0.5, 0.6) is 5.75 Å². The number of hydrogen-bond acceptors (Lipinski definition) is 4. The minimum Gasteiger partial charge on any atom is -0.496 e. The van der Waals surface area contributed by atoms with Crippen LogP contribution in [0.4, 0.5) is 0 Å². The predicted octanol–water partition coefficient (Wildman–Crippen LogP) is 7.93. The summed E-state index contributed by atoms with van der Waals surface area (Å²) in [6.45, 7) is 2.27. The van der Waals surface area contributed by atoms with E-state index in [1.165, 1.54) is 97.7 Å². The van der Waals surface area contributed by atoms with Gasteiger partial charge in [-0.15, -0.1) is 0 Å². The molecule has 0 bridgehead atoms. The van der Waals surface area contributed by atoms with Gasteiger partial charge in [0.2, 0.25) is 0 Å². The fourth-order valence-corrected chi connectivity index (χ4v) is 3.95. The quantitative estimate of drug-likeness (QED) is 0.126. The molecule has 0 unspecified atom stereocenters. The Morgan fingerprint density at radius 2 is 1.19 bits per heavy atom. The van der Waals surface area contributed by atoms with Crippen LogP contribution in [0.3, 0.4) is 0 Å². The second kappa shape index (κ2) is 17.8. The van der Waals surface area contributed by atoms with Crippen LogP contribution in [-0.2, 0) is 4.74 Å². The molecule has 0 aliphatic rings. The lowest BCUT2D eigenvalue weighted by Gasteiger charge is -2.09. The Kier molecular flexibility index (Phi) is 15.6. The van der Waals surface area contributed by atoms with E-state index in [0.717, 1.165) is 12.8 Å². The molecule has 1 rings (SSSR count). The van der Waals surface area contributed by atoms with Crippen molar-refractivity contribution in [2.24, 2.45) is 0 Å². The Morgan fingerprint density at radius 3 is 1.65 bits per heavy atom. The first-order chi connectivity index (χ1) is 15.1. The number of unbranched alkanes of at least 4 members (excludes halogenated alkanes) is 14. The normalized spacial score (nSPS) is 10.8. The van der Waals surface area contributed by atoms with E-state index in [9.17, 15) is 9.59 Å². The van der Waals surface area contributed by atoms with Crippen molar-refractivity contribution >= 4 is 11.8 Å². The van der Waals surface area contributed by atoms with Crippen molar-refractivity contribution in [2.75, 3.05) is 14.2 Å². The predicted molar refractivity (Wildman–Crippen MR) is 128 cm³/mol. The molecular weight excluding hydrogens is 388 g/mol. The molecule has 1 aromatic carbocycles. The molecule has 4 heteroatoms. The first-order valence-corrected chi connectivity index (χ1v) is 12.4. The van der Waals surface area contributed by atoms with E-state index in [-0.39, 0.29) is 5.78 Å². The number of rotatable bonds is 19. The molecule has 31 heavy (non-hydrogen) atoms. The molecule has 0 aliphatic heterocycles. The number of carbonyl (C=O) groups is 2. The van der Waals surface area contributed by atoms with Gasteiger partial charge in [-0.05, 0) is 24.6 Å². The summed E-state index contributed by atoms with van der Waals surface area (Å²) in [5.41, 5.74) is 0.846. The van der Waals surface area contributed by atoms with E-state index in [4.69, 9.17) is 9.47 Å². The van der Waals surface area contributed by atoms with E-state index >= 15 is 0 Å². The van der Waals surface area contributed by atoms with E-state index < -0.39 is 5.97 Å². The molecule has 0 amide bonds. The molecule has 0 radical (unpaired) electrons. The fraction of sp³-hybridized carbons (Fsp3) is 0.704. The van der Waals surface area contributed by atoms with Crippen LogP contribution < -0.4 is 4.74 Å². The maximum atomic E-state index is 12.4. The molecule has 4 nitrogen and oxygen atoms in total. The lowest BCUT2D eigenvalue weighted by molar-refractivity contribution is 0.0597. The van der Waals surface area contributed by atoms with Crippen LogP contribution >= 0.6 is 0 Å². The van der Waals surface area contributed by atoms with Gasteiger partial charge in [0.05, 0.1) is 14.2 Å². The van der Waals surface area contributed by atoms with Gasteiger partial charge in [0.25, 0.3) is 0 Å². The topological polar surface area (TPSA) is 52.6 Å². The maximum absolute atomic E-state index is 12.4. The first kappa shape index (κ1) is 27.2. The summed E-state index contributed by atoms with van der Waals surface area (Å²) in [7, 11) is 2.82. The van der Waals surface area contributed by atoms with E-state index in [1.807, 2.05) is 0 Å². The molecule has 0 spiro atoms. The van der Waals surface area contributed by atoms with Gasteiger partial charge in [-0.2, -0.15) is 0 Å². The van der Waals surface area contributed by atoms with E-state index in [0.29, 0.717) is 23.3 Å². The molecule has 0 atom stereocenters. The van der Waals surface area contributed by atoms with Crippen molar-refractivity contribution in [2.45, 2.75) is 110 Å². The highest BCUT2D eigenvalue weighted by atomic mass is 16.5. The minimum atomic E-state index is -0.488. The summed E-state index contributed by atoms with van der Waals surface area (Å²) in [5.74, 6) is 0.0105. The van der Waals surface area contributed by atoms with Gasteiger partial charge in [0, 0.05) is 12.0 Å². The Balaban J connectivity index is 2.07. The zero-order valence-corrected chi connectivity index (χ0v) is 20.2. The van der Waals surface area contributed by atoms with Crippen molar-refractivity contribution in [3.8, 4) is 5.75 Å². The second-order valence-electron chi connectivity index (χ2n) is 8.53. The molecule has 1 aromatic rings. The summed E-state index contributed by atoms with van der Waals surface area (Å²) in [6, 6.07) is 4.96. The van der Waals surface area contributed by atoms with Gasteiger partial charge in [0.1, 0.15) is 11.3 Å². The highest BCUT2D eigenvalue weighted by Gasteiger charge is 2.16. The van der Waals surface area contributed by atoms with Gasteiger partial charge < -0.3 is 9.47 Å². The second-order valence-corrected chi connectivity index (χ2v) is 8.53. The van der Waals surface area contributed by atoms with Crippen molar-refractivity contribution in [1.29, 1.82) is 0 Å². The van der Waals surface area contributed by atoms with E-state index in [1.54, 1.807) is 18.2 Å². The lowest BCUT2D eigenvalue weighted by Crippen LogP contribution is -2.07. The molecule has 0 saturated heterocycles. The Bertz CT molecular complexity index is 624. The minimum absolute atomic E-state index is 0.0718. The van der Waals surface area contributed by atoms with Crippen LogP contribution in [0.15, 0.2) is 18.2 Å². The van der Waals surface area contributed by atoms with Crippen LogP contribution in [0.25, 0.3) is 0 Å². The molecule has 0 heterocycles. The van der Waals surface area contributed by atoms with Crippen LogP contribution in [0.1, 0.15) is 130 Å². The average molecular weight is 433 g/mol. The Hall–Kier alpha value is -1.84. The van der Waals surface area contributed by atoms with E-state index in [2.05, 4.69) is 6.92 Å². The summed E-state index contributed by atoms with van der Waals surface area (Å²) in [6.07, 6.45) is 20.2. The summed E-state index contributed by atoms with van der Waals surface area (Å²) >= 11 is 0. The average Bonchev–Trinajstić information content (AvgIpc) is 2.80. The molecule has 0 aromatic heterocycles. The number of carbonyl (C=O) groups excluding carboxylic acids is 2. The van der Waals surface area contributed by atoms with Crippen molar-refractivity contribution in [3.05, 3.63) is 29.3 Å². The highest BCUT2D eigenvalue weighted by Crippen LogP contribution is 2.22. The smallest absolute Gasteiger partial charge is 0.341 e. The number of ketones is 1. The van der Waals surface area contributed by atoms with Crippen LogP contribution in [0, 0.1) is 0 Å². The monoisotopic (exact) mass is 432 g/mol. The van der Waals surface area contributed by atoms with Crippen molar-refractivity contribution in [1.82, 2.24) is 0 Å². The first-order valence-electron chi connectivity index (χ1n) is 12.4. The number of ether oxygens (including phenoxy) is 2. The van der Waals surface area contributed by atoms with Gasteiger partial charge in [0.15, 0.2) is 5.78 Å². The van der Waals surface area contributed by atoms with Gasteiger partial charge in [-0.3, -0.25) is 4.79 Å². The number of methoxy groups -OCH3 is 2. The third kappa shape index (κ3) is 11.9. The lowest BCUT2D eigenvalue weighted by atomic mass is 10.0. The standard InChI is InChI=1S/C27H44O4/c1-4-5-6-7-8-9-10-11-12-13-14-15-16-17-18-19-25(28)23-20-21-26(30-2)24(22-23)27(29)31-3/h20-22H,4-19H2,1-3H3. The number of hydrogen-bond donors (Lipinski definition) is 0. The molecule has 0 fully saturated rings. The highest BCUT2D eigenvalue weighted by molar-refractivity contribution is 6.00. The third-order valence-corrected chi connectivity index (χ3v) is 5.93. The summed E-state index contributed by atoms with van der Waals surface area (Å²) in [5, 5.41) is 0.